The van der Waals surface area contributed by atoms with Gasteiger partial charge in [-0.15, -0.1) is 0 Å². The van der Waals surface area contributed by atoms with E-state index in [0.717, 1.165) is 17.2 Å². The minimum Gasteiger partial charge on any atom is -0.497 e. The summed E-state index contributed by atoms with van der Waals surface area (Å²) in [7, 11) is 3.55. The van der Waals surface area contributed by atoms with Crippen molar-refractivity contribution in [2.24, 2.45) is 12.0 Å². The van der Waals surface area contributed by atoms with Crippen LogP contribution in [0.1, 0.15) is 12.1 Å². The van der Waals surface area contributed by atoms with Gasteiger partial charge in [0.1, 0.15) is 35.8 Å². The molecular formula is C20H21FN4O2. The van der Waals surface area contributed by atoms with E-state index in [1.54, 1.807) is 19.3 Å². The van der Waals surface area contributed by atoms with Crippen LogP contribution in [-0.4, -0.2) is 30.4 Å². The number of aromatic nitrogens is 1. The minimum atomic E-state index is -1.09. The Morgan fingerprint density at radius 3 is 3.00 bits per heavy atom. The number of hydrogen-bond acceptors (Lipinski definition) is 5. The van der Waals surface area contributed by atoms with E-state index in [9.17, 15) is 4.39 Å². The number of hydrogen-bond donors (Lipinski definition) is 2. The number of aliphatic imine (C=N–C) groups is 1. The summed E-state index contributed by atoms with van der Waals surface area (Å²) in [6.07, 6.45) is 4.26. The summed E-state index contributed by atoms with van der Waals surface area (Å²) in [5.74, 6) is 2.52. The van der Waals surface area contributed by atoms with E-state index >= 15 is 0 Å². The highest BCUT2D eigenvalue weighted by atomic mass is 19.1. The van der Waals surface area contributed by atoms with Crippen LogP contribution in [0.2, 0.25) is 0 Å². The number of ether oxygens (including phenoxy) is 2. The van der Waals surface area contributed by atoms with Crippen molar-refractivity contribution >= 4 is 11.5 Å². The fourth-order valence-corrected chi connectivity index (χ4v) is 3.14. The first-order valence-electron chi connectivity index (χ1n) is 8.72. The highest BCUT2D eigenvalue weighted by molar-refractivity contribution is 6.04. The van der Waals surface area contributed by atoms with Crippen molar-refractivity contribution in [2.45, 2.75) is 12.6 Å². The fourth-order valence-electron chi connectivity index (χ4n) is 3.14. The van der Waals surface area contributed by atoms with Gasteiger partial charge in [0, 0.05) is 25.7 Å². The molecular weight excluding hydrogens is 347 g/mol. The predicted molar refractivity (Wildman–Crippen MR) is 103 cm³/mol. The molecule has 0 spiro atoms. The van der Waals surface area contributed by atoms with E-state index in [2.05, 4.69) is 15.6 Å². The Balaban J connectivity index is 1.64. The van der Waals surface area contributed by atoms with Gasteiger partial charge in [0.25, 0.3) is 0 Å². The van der Waals surface area contributed by atoms with Gasteiger partial charge in [0.2, 0.25) is 0 Å². The molecule has 7 heteroatoms. The van der Waals surface area contributed by atoms with Crippen molar-refractivity contribution in [1.29, 1.82) is 0 Å². The maximum absolute atomic E-state index is 14.0. The third kappa shape index (κ3) is 3.53. The summed E-state index contributed by atoms with van der Waals surface area (Å²) in [5, 5.41) is 6.55. The van der Waals surface area contributed by atoms with Crippen LogP contribution in [0.25, 0.3) is 0 Å². The molecule has 6 nitrogen and oxygen atoms in total. The summed E-state index contributed by atoms with van der Waals surface area (Å²) >= 11 is 0. The van der Waals surface area contributed by atoms with E-state index < -0.39 is 6.17 Å². The lowest BCUT2D eigenvalue weighted by Crippen LogP contribution is -2.32. The van der Waals surface area contributed by atoms with Crippen LogP contribution in [0.3, 0.4) is 0 Å². The second-order valence-corrected chi connectivity index (χ2v) is 6.35. The molecule has 1 unspecified atom stereocenters. The van der Waals surface area contributed by atoms with E-state index in [1.807, 2.05) is 42.1 Å². The Morgan fingerprint density at radius 2 is 2.15 bits per heavy atom. The van der Waals surface area contributed by atoms with Crippen molar-refractivity contribution in [3.05, 3.63) is 65.8 Å². The molecule has 1 aliphatic heterocycles. The maximum atomic E-state index is 14.0. The maximum Gasteiger partial charge on any atom is 0.153 e. The number of halogens is 1. The number of aryl methyl sites for hydroxylation is 1. The minimum absolute atomic E-state index is 0.154. The molecule has 0 saturated heterocycles. The van der Waals surface area contributed by atoms with Crippen molar-refractivity contribution in [3.63, 3.8) is 0 Å². The average molecular weight is 368 g/mol. The first-order valence-corrected chi connectivity index (χ1v) is 8.72. The van der Waals surface area contributed by atoms with Crippen LogP contribution in [0.5, 0.6) is 11.5 Å². The second-order valence-electron chi connectivity index (χ2n) is 6.35. The van der Waals surface area contributed by atoms with Crippen LogP contribution in [0, 0.1) is 0 Å². The van der Waals surface area contributed by atoms with Crippen molar-refractivity contribution in [2.75, 3.05) is 19.1 Å². The number of nitrogens with one attached hydrogen (secondary N) is 2. The van der Waals surface area contributed by atoms with E-state index in [4.69, 9.17) is 9.47 Å². The summed E-state index contributed by atoms with van der Waals surface area (Å²) in [6.45, 7) is 0.480. The number of nitrogens with zero attached hydrogens (tertiary/aromatic N) is 2. The molecule has 2 N–H and O–H groups in total. The van der Waals surface area contributed by atoms with Crippen LogP contribution in [0.15, 0.2) is 65.1 Å². The van der Waals surface area contributed by atoms with Gasteiger partial charge in [0.15, 0.2) is 5.84 Å². The van der Waals surface area contributed by atoms with E-state index in [0.29, 0.717) is 29.6 Å². The highest BCUT2D eigenvalue weighted by Gasteiger charge is 2.23. The average Bonchev–Trinajstić information content (AvgIpc) is 3.06. The normalized spacial score (nSPS) is 18.5. The molecule has 0 amide bonds. The second kappa shape index (κ2) is 7.19. The quantitative estimate of drug-likeness (QED) is 0.869. The molecule has 0 radical (unpaired) electrons. The molecule has 0 saturated carbocycles. The summed E-state index contributed by atoms with van der Waals surface area (Å²) in [6, 6.07) is 9.26. The molecule has 2 aromatic rings. The van der Waals surface area contributed by atoms with Gasteiger partial charge in [-0.3, -0.25) is 0 Å². The van der Waals surface area contributed by atoms with Gasteiger partial charge < -0.3 is 24.7 Å². The van der Waals surface area contributed by atoms with Crippen LogP contribution < -0.4 is 20.1 Å². The van der Waals surface area contributed by atoms with Crippen molar-refractivity contribution in [1.82, 2.24) is 9.88 Å². The first-order chi connectivity index (χ1) is 13.1. The number of rotatable bonds is 4. The van der Waals surface area contributed by atoms with E-state index in [1.165, 1.54) is 6.08 Å². The lowest BCUT2D eigenvalue weighted by atomic mass is 10.1. The Bertz CT molecular complexity index is 945. The highest BCUT2D eigenvalue weighted by Crippen LogP contribution is 2.27. The summed E-state index contributed by atoms with van der Waals surface area (Å²) in [5.41, 5.74) is 2.65. The standard InChI is InChI=1S/C20H21FN4O2/c1-25-9-8-17-19(25)20(23-12-22-17)24-16-7-6-13(21)10-18(16)27-15-5-3-4-14(11-15)26-2/h3-9,11,13,22H,10,12H2,1-2H3,(H,23,24). The number of fused-ring (bicyclic) bond motifs is 1. The van der Waals surface area contributed by atoms with Gasteiger partial charge in [-0.2, -0.15) is 0 Å². The number of allylic oxidation sites excluding steroid dienone is 3. The molecule has 1 aromatic carbocycles. The zero-order valence-electron chi connectivity index (χ0n) is 15.2. The fraction of sp³-hybridized carbons (Fsp3) is 0.250. The van der Waals surface area contributed by atoms with E-state index in [-0.39, 0.29) is 6.42 Å². The molecule has 27 heavy (non-hydrogen) atoms. The molecule has 0 fully saturated rings. The van der Waals surface area contributed by atoms with Crippen molar-refractivity contribution < 1.29 is 13.9 Å². The monoisotopic (exact) mass is 368 g/mol. The molecule has 140 valence electrons. The Kier molecular flexibility index (Phi) is 4.58. The number of anilines is 1. The Morgan fingerprint density at radius 1 is 1.30 bits per heavy atom. The summed E-state index contributed by atoms with van der Waals surface area (Å²) < 4.78 is 27.2. The molecule has 1 aromatic heterocycles. The Hall–Kier alpha value is -3.22. The zero-order valence-corrected chi connectivity index (χ0v) is 15.2. The molecule has 1 atom stereocenters. The Labute approximate surface area is 157 Å². The van der Waals surface area contributed by atoms with Gasteiger partial charge in [-0.25, -0.2) is 9.38 Å². The number of alkyl halides is 1. The lowest BCUT2D eigenvalue weighted by molar-refractivity contribution is 0.318. The molecule has 0 bridgehead atoms. The van der Waals surface area contributed by atoms with Gasteiger partial charge in [-0.1, -0.05) is 6.07 Å². The number of methoxy groups -OCH3 is 1. The van der Waals surface area contributed by atoms with Crippen molar-refractivity contribution in [3.8, 4) is 11.5 Å². The lowest BCUT2D eigenvalue weighted by Gasteiger charge is -2.23. The van der Waals surface area contributed by atoms with Gasteiger partial charge in [-0.05, 0) is 30.4 Å². The molecule has 1 aliphatic carbocycles. The zero-order chi connectivity index (χ0) is 18.8. The topological polar surface area (TPSA) is 59.8 Å². The largest absolute Gasteiger partial charge is 0.497 e. The SMILES string of the molecule is COc1cccc(OC2=C(NC3=NCNc4ccn(C)c43)C=CC(F)C2)c1. The molecule has 2 aliphatic rings. The van der Waals surface area contributed by atoms with Gasteiger partial charge >= 0.3 is 0 Å². The molecule has 4 rings (SSSR count). The smallest absolute Gasteiger partial charge is 0.153 e. The van der Waals surface area contributed by atoms with Crippen LogP contribution >= 0.6 is 0 Å². The van der Waals surface area contributed by atoms with Crippen LogP contribution in [-0.2, 0) is 7.05 Å². The molecule has 2 heterocycles. The predicted octanol–water partition coefficient (Wildman–Crippen LogP) is 3.34. The summed E-state index contributed by atoms with van der Waals surface area (Å²) in [4.78, 5) is 4.52. The van der Waals surface area contributed by atoms with Crippen LogP contribution in [0.4, 0.5) is 10.1 Å². The van der Waals surface area contributed by atoms with Gasteiger partial charge in [0.05, 0.1) is 18.5 Å². The third-order valence-electron chi connectivity index (χ3n) is 4.49. The number of benzene rings is 1. The first kappa shape index (κ1) is 17.2. The third-order valence-corrected chi connectivity index (χ3v) is 4.49. The number of amidine groups is 1.